The van der Waals surface area contributed by atoms with Crippen molar-refractivity contribution in [1.82, 2.24) is 30.0 Å². The molecule has 0 radical (unpaired) electrons. The third kappa shape index (κ3) is 7.11. The Morgan fingerprint density at radius 2 is 2.17 bits per heavy atom. The number of ether oxygens (including phenoxy) is 1. The van der Waals surface area contributed by atoms with Crippen LogP contribution in [0.1, 0.15) is 43.9 Å². The number of aryl methyl sites for hydroxylation is 2. The molecular formula is C25H36N8O3. The van der Waals surface area contributed by atoms with Crippen LogP contribution in [-0.2, 0) is 22.4 Å². The molecule has 0 amide bonds. The van der Waals surface area contributed by atoms with Crippen LogP contribution in [0.25, 0.3) is 11.0 Å². The van der Waals surface area contributed by atoms with Gasteiger partial charge in [0.25, 0.3) is 0 Å². The van der Waals surface area contributed by atoms with E-state index in [0.29, 0.717) is 43.0 Å². The van der Waals surface area contributed by atoms with Gasteiger partial charge in [-0.1, -0.05) is 6.07 Å². The fourth-order valence-electron chi connectivity index (χ4n) is 4.44. The Morgan fingerprint density at radius 3 is 3.03 bits per heavy atom. The first kappa shape index (κ1) is 25.8. The summed E-state index contributed by atoms with van der Waals surface area (Å²) in [7, 11) is 0. The number of aliphatic carboxylic acids is 1. The Balaban J connectivity index is 1.28. The van der Waals surface area contributed by atoms with Gasteiger partial charge in [-0.05, 0) is 63.6 Å². The van der Waals surface area contributed by atoms with E-state index in [2.05, 4.69) is 47.8 Å². The van der Waals surface area contributed by atoms with Crippen LogP contribution in [0.5, 0.6) is 0 Å². The number of hydrogen-bond donors (Lipinski definition) is 4. The van der Waals surface area contributed by atoms with Gasteiger partial charge in [-0.3, -0.25) is 5.10 Å². The Kier molecular flexibility index (Phi) is 9.40. The van der Waals surface area contributed by atoms with Crippen molar-refractivity contribution >= 4 is 28.6 Å². The van der Waals surface area contributed by atoms with Gasteiger partial charge in [0, 0.05) is 31.9 Å². The Bertz CT molecular complexity index is 1120. The molecule has 0 bridgehead atoms. The SMILES string of the molecule is CCOCCN(CCCCc1ccc2c(n1)NCCC2)CCC(Nc1ncnc2[nH]ncc12)C(=O)O. The first-order valence-corrected chi connectivity index (χ1v) is 12.8. The molecule has 4 heterocycles. The van der Waals surface area contributed by atoms with Crippen molar-refractivity contribution in [1.29, 1.82) is 0 Å². The summed E-state index contributed by atoms with van der Waals surface area (Å²) in [6, 6.07) is 3.57. The number of carboxylic acid groups (broad SMARTS) is 1. The molecule has 1 aliphatic rings. The van der Waals surface area contributed by atoms with Gasteiger partial charge in [0.2, 0.25) is 0 Å². The molecule has 1 atom stereocenters. The van der Waals surface area contributed by atoms with E-state index in [4.69, 9.17) is 9.72 Å². The molecule has 3 aromatic rings. The summed E-state index contributed by atoms with van der Waals surface area (Å²) < 4.78 is 5.56. The fourth-order valence-corrected chi connectivity index (χ4v) is 4.44. The van der Waals surface area contributed by atoms with Gasteiger partial charge >= 0.3 is 5.97 Å². The fraction of sp³-hybridized carbons (Fsp3) is 0.560. The van der Waals surface area contributed by atoms with Crippen molar-refractivity contribution in [2.45, 2.75) is 51.5 Å². The average Bonchev–Trinajstić information content (AvgIpc) is 3.38. The molecule has 194 valence electrons. The number of carbonyl (C=O) groups is 1. The van der Waals surface area contributed by atoms with Crippen molar-refractivity contribution < 1.29 is 14.6 Å². The van der Waals surface area contributed by atoms with E-state index in [-0.39, 0.29) is 0 Å². The summed E-state index contributed by atoms with van der Waals surface area (Å²) in [5.74, 6) is 0.594. The second kappa shape index (κ2) is 13.1. The maximum atomic E-state index is 12.0. The summed E-state index contributed by atoms with van der Waals surface area (Å²) in [4.78, 5) is 27.4. The van der Waals surface area contributed by atoms with Crippen LogP contribution < -0.4 is 10.6 Å². The zero-order valence-corrected chi connectivity index (χ0v) is 20.9. The standard InChI is InChI=1S/C25H36N8O3/c1-2-36-15-14-33(12-4-3-7-19-9-8-18-6-5-11-26-22(18)30-19)13-10-21(25(34)35)31-23-20-16-29-32-24(20)28-17-27-23/h8-9,16-17,21H,2-7,10-15H2,1H3,(H,26,30)(H,34,35)(H2,27,28,29,31,32). The van der Waals surface area contributed by atoms with Crippen LogP contribution in [0.2, 0.25) is 0 Å². The molecule has 4 N–H and O–H groups in total. The minimum absolute atomic E-state index is 0.433. The lowest BCUT2D eigenvalue weighted by molar-refractivity contribution is -0.138. The molecule has 0 aromatic carbocycles. The number of nitrogens with one attached hydrogen (secondary N) is 3. The zero-order valence-electron chi connectivity index (χ0n) is 20.9. The lowest BCUT2D eigenvalue weighted by Gasteiger charge is -2.24. The van der Waals surface area contributed by atoms with E-state index < -0.39 is 12.0 Å². The molecular weight excluding hydrogens is 460 g/mol. The van der Waals surface area contributed by atoms with Crippen molar-refractivity contribution in [3.63, 3.8) is 0 Å². The average molecular weight is 497 g/mol. The monoisotopic (exact) mass is 496 g/mol. The number of unbranched alkanes of at least 4 members (excludes halogenated alkanes) is 1. The van der Waals surface area contributed by atoms with Crippen LogP contribution in [0.15, 0.2) is 24.7 Å². The number of rotatable bonds is 15. The lowest BCUT2D eigenvalue weighted by atomic mass is 10.1. The lowest BCUT2D eigenvalue weighted by Crippen LogP contribution is -2.37. The van der Waals surface area contributed by atoms with E-state index in [1.807, 2.05) is 6.92 Å². The van der Waals surface area contributed by atoms with Gasteiger partial charge in [0.15, 0.2) is 5.65 Å². The Hall–Kier alpha value is -3.31. The summed E-state index contributed by atoms with van der Waals surface area (Å²) in [6.07, 6.45) is 8.65. The number of fused-ring (bicyclic) bond motifs is 2. The van der Waals surface area contributed by atoms with Gasteiger partial charge < -0.3 is 25.4 Å². The maximum Gasteiger partial charge on any atom is 0.326 e. The van der Waals surface area contributed by atoms with Crippen molar-refractivity contribution in [2.24, 2.45) is 0 Å². The van der Waals surface area contributed by atoms with Crippen LogP contribution in [0, 0.1) is 0 Å². The first-order valence-electron chi connectivity index (χ1n) is 12.8. The first-order chi connectivity index (χ1) is 17.6. The van der Waals surface area contributed by atoms with Crippen LogP contribution in [-0.4, -0.2) is 86.6 Å². The number of nitrogens with zero attached hydrogens (tertiary/aromatic N) is 5. The number of hydrogen-bond acceptors (Lipinski definition) is 9. The highest BCUT2D eigenvalue weighted by molar-refractivity contribution is 5.88. The number of anilines is 2. The predicted molar refractivity (Wildman–Crippen MR) is 138 cm³/mol. The molecule has 0 saturated heterocycles. The van der Waals surface area contributed by atoms with Gasteiger partial charge in [-0.2, -0.15) is 5.10 Å². The number of pyridine rings is 1. The molecule has 0 fully saturated rings. The highest BCUT2D eigenvalue weighted by atomic mass is 16.5. The minimum atomic E-state index is -0.915. The number of H-pyrrole nitrogens is 1. The second-order valence-electron chi connectivity index (χ2n) is 9.01. The third-order valence-electron chi connectivity index (χ3n) is 6.46. The Morgan fingerprint density at radius 1 is 1.25 bits per heavy atom. The molecule has 0 aliphatic carbocycles. The van der Waals surface area contributed by atoms with E-state index in [0.717, 1.165) is 63.3 Å². The Labute approximate surface area is 211 Å². The van der Waals surface area contributed by atoms with E-state index in [9.17, 15) is 9.90 Å². The van der Waals surface area contributed by atoms with Gasteiger partial charge in [0.05, 0.1) is 18.2 Å². The number of carboxylic acids is 1. The molecule has 11 nitrogen and oxygen atoms in total. The summed E-state index contributed by atoms with van der Waals surface area (Å²) in [5.41, 5.74) is 3.00. The quantitative estimate of drug-likeness (QED) is 0.232. The second-order valence-corrected chi connectivity index (χ2v) is 9.01. The molecule has 0 saturated carbocycles. The minimum Gasteiger partial charge on any atom is -0.480 e. The maximum absolute atomic E-state index is 12.0. The van der Waals surface area contributed by atoms with Gasteiger partial charge in [-0.25, -0.2) is 19.7 Å². The van der Waals surface area contributed by atoms with Crippen LogP contribution in [0.4, 0.5) is 11.6 Å². The van der Waals surface area contributed by atoms with E-state index in [1.54, 1.807) is 6.20 Å². The van der Waals surface area contributed by atoms with Gasteiger partial charge in [0.1, 0.15) is 24.0 Å². The molecule has 1 unspecified atom stereocenters. The van der Waals surface area contributed by atoms with Crippen molar-refractivity contribution in [3.8, 4) is 0 Å². The third-order valence-corrected chi connectivity index (χ3v) is 6.46. The van der Waals surface area contributed by atoms with Crippen LogP contribution >= 0.6 is 0 Å². The number of aromatic amines is 1. The van der Waals surface area contributed by atoms with Crippen molar-refractivity contribution in [3.05, 3.63) is 35.9 Å². The summed E-state index contributed by atoms with van der Waals surface area (Å²) in [5, 5.41) is 23.7. The smallest absolute Gasteiger partial charge is 0.326 e. The normalized spacial score (nSPS) is 13.9. The molecule has 4 rings (SSSR count). The number of aromatic nitrogens is 5. The molecule has 11 heteroatoms. The van der Waals surface area contributed by atoms with Crippen LogP contribution in [0.3, 0.4) is 0 Å². The molecule has 3 aromatic heterocycles. The van der Waals surface area contributed by atoms with E-state index >= 15 is 0 Å². The summed E-state index contributed by atoms with van der Waals surface area (Å²) in [6.45, 7) is 6.55. The summed E-state index contributed by atoms with van der Waals surface area (Å²) >= 11 is 0. The molecule has 0 spiro atoms. The highest BCUT2D eigenvalue weighted by Crippen LogP contribution is 2.21. The highest BCUT2D eigenvalue weighted by Gasteiger charge is 2.21. The van der Waals surface area contributed by atoms with E-state index in [1.165, 1.54) is 11.9 Å². The molecule has 36 heavy (non-hydrogen) atoms. The zero-order chi connectivity index (χ0) is 25.2. The van der Waals surface area contributed by atoms with Gasteiger partial charge in [-0.15, -0.1) is 0 Å². The largest absolute Gasteiger partial charge is 0.480 e. The molecule has 1 aliphatic heterocycles. The van der Waals surface area contributed by atoms with Crippen molar-refractivity contribution in [2.75, 3.05) is 50.0 Å². The topological polar surface area (TPSA) is 141 Å². The predicted octanol–water partition coefficient (Wildman–Crippen LogP) is 2.72.